The fourth-order valence-corrected chi connectivity index (χ4v) is 4.32. The summed E-state index contributed by atoms with van der Waals surface area (Å²) in [5.41, 5.74) is 0.704. The standard InChI is InChI=1S/C16H20O4S/c1-21(19,20)14-4-2-11(3-5-14)15(16(17)18)8-10-6-12-9-13(12)7-10/h2-5,10,12-13,15H,6-9H2,1H3,(H,17,18)/t12-,13-,15+/m1/s1. The lowest BCUT2D eigenvalue weighted by molar-refractivity contribution is -0.139. The molecule has 5 heteroatoms. The number of benzene rings is 1. The molecule has 4 nitrogen and oxygen atoms in total. The van der Waals surface area contributed by atoms with Crippen LogP contribution in [0.1, 0.15) is 37.2 Å². The van der Waals surface area contributed by atoms with Gasteiger partial charge in [0.2, 0.25) is 0 Å². The molecule has 114 valence electrons. The molecular formula is C16H20O4S. The molecule has 2 fully saturated rings. The van der Waals surface area contributed by atoms with Crippen molar-refractivity contribution in [1.29, 1.82) is 0 Å². The van der Waals surface area contributed by atoms with Crippen LogP contribution in [-0.4, -0.2) is 25.7 Å². The van der Waals surface area contributed by atoms with Crippen LogP contribution in [-0.2, 0) is 14.6 Å². The largest absolute Gasteiger partial charge is 0.481 e. The molecule has 0 bridgehead atoms. The minimum Gasteiger partial charge on any atom is -0.481 e. The molecule has 2 saturated carbocycles. The molecule has 0 saturated heterocycles. The number of carboxylic acid groups (broad SMARTS) is 1. The van der Waals surface area contributed by atoms with Gasteiger partial charge in [0.25, 0.3) is 0 Å². The predicted octanol–water partition coefficient (Wildman–Crippen LogP) is 2.69. The van der Waals surface area contributed by atoms with E-state index in [4.69, 9.17) is 0 Å². The molecule has 0 radical (unpaired) electrons. The third kappa shape index (κ3) is 3.12. The van der Waals surface area contributed by atoms with Gasteiger partial charge in [-0.2, -0.15) is 0 Å². The molecule has 3 rings (SSSR count). The molecule has 21 heavy (non-hydrogen) atoms. The maximum Gasteiger partial charge on any atom is 0.310 e. The Morgan fingerprint density at radius 3 is 2.24 bits per heavy atom. The van der Waals surface area contributed by atoms with Crippen molar-refractivity contribution in [2.24, 2.45) is 17.8 Å². The first kappa shape index (κ1) is 14.6. The molecule has 2 aliphatic carbocycles. The average molecular weight is 308 g/mol. The smallest absolute Gasteiger partial charge is 0.310 e. The number of aliphatic carboxylic acids is 1. The lowest BCUT2D eigenvalue weighted by atomic mass is 9.86. The van der Waals surface area contributed by atoms with Gasteiger partial charge >= 0.3 is 5.97 Å². The van der Waals surface area contributed by atoms with Gasteiger partial charge in [-0.25, -0.2) is 8.42 Å². The highest BCUT2D eigenvalue weighted by Crippen LogP contribution is 2.56. The molecule has 2 aliphatic rings. The molecule has 3 atom stereocenters. The number of carbonyl (C=O) groups is 1. The highest BCUT2D eigenvalue weighted by Gasteiger charge is 2.46. The molecular weight excluding hydrogens is 288 g/mol. The molecule has 0 heterocycles. The van der Waals surface area contributed by atoms with E-state index in [0.29, 0.717) is 17.9 Å². The Morgan fingerprint density at radius 1 is 1.19 bits per heavy atom. The summed E-state index contributed by atoms with van der Waals surface area (Å²) in [4.78, 5) is 11.8. The van der Waals surface area contributed by atoms with Crippen molar-refractivity contribution in [3.8, 4) is 0 Å². The average Bonchev–Trinajstić information content (AvgIpc) is 3.02. The molecule has 1 N–H and O–H groups in total. The molecule has 0 aliphatic heterocycles. The summed E-state index contributed by atoms with van der Waals surface area (Å²) in [5.74, 6) is 0.849. The SMILES string of the molecule is CS(=O)(=O)c1ccc([C@H](CC2C[C@@H]3C[C@H]3C2)C(=O)O)cc1. The fraction of sp³-hybridized carbons (Fsp3) is 0.562. The summed E-state index contributed by atoms with van der Waals surface area (Å²) in [5, 5.41) is 9.48. The van der Waals surface area contributed by atoms with Crippen LogP contribution in [0.3, 0.4) is 0 Å². The van der Waals surface area contributed by atoms with E-state index in [9.17, 15) is 18.3 Å². The number of rotatable bonds is 5. The highest BCUT2D eigenvalue weighted by atomic mass is 32.2. The first-order valence-corrected chi connectivity index (χ1v) is 9.26. The van der Waals surface area contributed by atoms with Crippen LogP contribution >= 0.6 is 0 Å². The van der Waals surface area contributed by atoms with Crippen molar-refractivity contribution in [1.82, 2.24) is 0 Å². The predicted molar refractivity (Wildman–Crippen MR) is 78.9 cm³/mol. The Balaban J connectivity index is 1.75. The second-order valence-electron chi connectivity index (χ2n) is 6.56. The zero-order chi connectivity index (χ0) is 15.2. The summed E-state index contributed by atoms with van der Waals surface area (Å²) in [6.07, 6.45) is 5.48. The Labute approximate surface area is 125 Å². The van der Waals surface area contributed by atoms with Gasteiger partial charge in [0.1, 0.15) is 0 Å². The van der Waals surface area contributed by atoms with Crippen molar-refractivity contribution < 1.29 is 18.3 Å². The fourth-order valence-electron chi connectivity index (χ4n) is 3.69. The molecule has 0 amide bonds. The minimum atomic E-state index is -3.24. The van der Waals surface area contributed by atoms with E-state index < -0.39 is 21.7 Å². The summed E-state index contributed by atoms with van der Waals surface area (Å²) in [7, 11) is -3.24. The number of hydrogen-bond acceptors (Lipinski definition) is 3. The van der Waals surface area contributed by atoms with E-state index in [1.54, 1.807) is 12.1 Å². The Hall–Kier alpha value is -1.36. The van der Waals surface area contributed by atoms with Gasteiger partial charge in [0.05, 0.1) is 10.8 Å². The Kier molecular flexibility index (Phi) is 3.56. The van der Waals surface area contributed by atoms with Crippen molar-refractivity contribution in [3.05, 3.63) is 29.8 Å². The summed E-state index contributed by atoms with van der Waals surface area (Å²) in [6.45, 7) is 0. The van der Waals surface area contributed by atoms with Gasteiger partial charge in [-0.3, -0.25) is 4.79 Å². The maximum absolute atomic E-state index is 11.5. The minimum absolute atomic E-state index is 0.234. The summed E-state index contributed by atoms with van der Waals surface area (Å²) >= 11 is 0. The van der Waals surface area contributed by atoms with Crippen LogP contribution in [0.5, 0.6) is 0 Å². The number of hydrogen-bond donors (Lipinski definition) is 1. The van der Waals surface area contributed by atoms with Gasteiger partial charge in [0, 0.05) is 6.26 Å². The molecule has 0 spiro atoms. The van der Waals surface area contributed by atoms with Crippen molar-refractivity contribution >= 4 is 15.8 Å². The van der Waals surface area contributed by atoms with Gasteiger partial charge in [0.15, 0.2) is 9.84 Å². The van der Waals surface area contributed by atoms with Crippen molar-refractivity contribution in [2.75, 3.05) is 6.26 Å². The van der Waals surface area contributed by atoms with Crippen LogP contribution in [0, 0.1) is 17.8 Å². The number of sulfone groups is 1. The van der Waals surface area contributed by atoms with Crippen molar-refractivity contribution in [3.63, 3.8) is 0 Å². The van der Waals surface area contributed by atoms with Gasteiger partial charge in [-0.15, -0.1) is 0 Å². The normalized spacial score (nSPS) is 26.3. The summed E-state index contributed by atoms with van der Waals surface area (Å²) < 4.78 is 22.9. The molecule has 1 aromatic carbocycles. The van der Waals surface area contributed by atoms with Crippen LogP contribution < -0.4 is 0 Å². The third-order valence-electron chi connectivity index (χ3n) is 4.92. The zero-order valence-electron chi connectivity index (χ0n) is 12.0. The van der Waals surface area contributed by atoms with Crippen LogP contribution in [0.4, 0.5) is 0 Å². The summed E-state index contributed by atoms with van der Waals surface area (Å²) in [6, 6.07) is 6.30. The maximum atomic E-state index is 11.5. The monoisotopic (exact) mass is 308 g/mol. The molecule has 0 aromatic heterocycles. The van der Waals surface area contributed by atoms with Gasteiger partial charge in [-0.05, 0) is 61.1 Å². The highest BCUT2D eigenvalue weighted by molar-refractivity contribution is 7.90. The van der Waals surface area contributed by atoms with E-state index in [2.05, 4.69) is 0 Å². The van der Waals surface area contributed by atoms with E-state index in [-0.39, 0.29) is 4.90 Å². The second kappa shape index (κ2) is 5.13. The third-order valence-corrected chi connectivity index (χ3v) is 6.05. The quantitative estimate of drug-likeness (QED) is 0.908. The lowest BCUT2D eigenvalue weighted by Crippen LogP contribution is -2.16. The number of fused-ring (bicyclic) bond motifs is 1. The number of carboxylic acids is 1. The first-order valence-electron chi connectivity index (χ1n) is 7.37. The van der Waals surface area contributed by atoms with Crippen LogP contribution in [0.25, 0.3) is 0 Å². The van der Waals surface area contributed by atoms with Gasteiger partial charge < -0.3 is 5.11 Å². The molecule has 0 unspecified atom stereocenters. The van der Waals surface area contributed by atoms with E-state index >= 15 is 0 Å². The van der Waals surface area contributed by atoms with E-state index in [0.717, 1.165) is 30.9 Å². The second-order valence-corrected chi connectivity index (χ2v) is 8.58. The molecule has 1 aromatic rings. The van der Waals surface area contributed by atoms with E-state index in [1.165, 1.54) is 18.6 Å². The Bertz CT molecular complexity index is 637. The zero-order valence-corrected chi connectivity index (χ0v) is 12.8. The van der Waals surface area contributed by atoms with Gasteiger partial charge in [-0.1, -0.05) is 12.1 Å². The first-order chi connectivity index (χ1) is 9.84. The van der Waals surface area contributed by atoms with Crippen molar-refractivity contribution in [2.45, 2.75) is 36.5 Å². The van der Waals surface area contributed by atoms with Crippen LogP contribution in [0.15, 0.2) is 29.2 Å². The topological polar surface area (TPSA) is 71.4 Å². The van der Waals surface area contributed by atoms with Crippen LogP contribution in [0.2, 0.25) is 0 Å². The lowest BCUT2D eigenvalue weighted by Gasteiger charge is -2.18. The van der Waals surface area contributed by atoms with E-state index in [1.807, 2.05) is 0 Å². The Morgan fingerprint density at radius 2 is 1.76 bits per heavy atom.